The van der Waals surface area contributed by atoms with Gasteiger partial charge in [-0.2, -0.15) is 5.10 Å². The number of carbonyl (C=O) groups is 1. The van der Waals surface area contributed by atoms with Gasteiger partial charge in [0.25, 0.3) is 0 Å². The summed E-state index contributed by atoms with van der Waals surface area (Å²) in [7, 11) is 1.51. The van der Waals surface area contributed by atoms with Crippen molar-refractivity contribution >= 4 is 11.7 Å². The molecular formula is C11H13N5O2. The summed E-state index contributed by atoms with van der Waals surface area (Å²) in [6, 6.07) is 2.01. The predicted molar refractivity (Wildman–Crippen MR) is 64.1 cm³/mol. The van der Waals surface area contributed by atoms with E-state index in [1.165, 1.54) is 7.11 Å². The van der Waals surface area contributed by atoms with Crippen LogP contribution in [-0.4, -0.2) is 33.2 Å². The smallest absolute Gasteiger partial charge is 0.316 e. The second kappa shape index (κ2) is 5.76. The van der Waals surface area contributed by atoms with Crippen molar-refractivity contribution in [3.05, 3.63) is 30.2 Å². The van der Waals surface area contributed by atoms with Gasteiger partial charge in [0.1, 0.15) is 5.82 Å². The first kappa shape index (κ1) is 12.0. The van der Waals surface area contributed by atoms with Crippen molar-refractivity contribution < 1.29 is 9.53 Å². The molecule has 18 heavy (non-hydrogen) atoms. The summed E-state index contributed by atoms with van der Waals surface area (Å²) in [6.45, 7) is 0. The lowest BCUT2D eigenvalue weighted by Crippen LogP contribution is -2.12. The van der Waals surface area contributed by atoms with Gasteiger partial charge in [-0.05, 0) is 12.0 Å². The summed E-state index contributed by atoms with van der Waals surface area (Å²) >= 11 is 0. The lowest BCUT2D eigenvalue weighted by molar-refractivity contribution is -0.116. The van der Waals surface area contributed by atoms with Gasteiger partial charge < -0.3 is 10.1 Å². The fourth-order valence-electron chi connectivity index (χ4n) is 1.37. The largest absolute Gasteiger partial charge is 0.467 e. The molecule has 0 aliphatic rings. The van der Waals surface area contributed by atoms with Crippen LogP contribution in [0.2, 0.25) is 0 Å². The predicted octanol–water partition coefficient (Wildman–Crippen LogP) is 0.780. The molecule has 0 aliphatic heterocycles. The Morgan fingerprint density at radius 3 is 2.83 bits per heavy atom. The number of amides is 1. The summed E-state index contributed by atoms with van der Waals surface area (Å²) in [5.74, 6) is 0.501. The van der Waals surface area contributed by atoms with Crippen molar-refractivity contribution in [1.82, 2.24) is 20.2 Å². The van der Waals surface area contributed by atoms with E-state index in [1.54, 1.807) is 24.7 Å². The molecule has 0 bridgehead atoms. The van der Waals surface area contributed by atoms with E-state index in [0.717, 1.165) is 5.56 Å². The second-order valence-electron chi connectivity index (χ2n) is 3.60. The number of hydrogen-bond donors (Lipinski definition) is 2. The molecule has 1 amide bonds. The third kappa shape index (κ3) is 3.27. The summed E-state index contributed by atoms with van der Waals surface area (Å²) in [4.78, 5) is 19.5. The number of aryl methyl sites for hydroxylation is 1. The SMILES string of the molecule is COc1ncc(CCC(=O)Nc2ccn[nH]2)cn1. The number of H-pyrrole nitrogens is 1. The summed E-state index contributed by atoms with van der Waals surface area (Å²) in [6.07, 6.45) is 5.80. The fraction of sp³-hybridized carbons (Fsp3) is 0.273. The molecule has 2 aromatic rings. The van der Waals surface area contributed by atoms with Crippen LogP contribution in [0.1, 0.15) is 12.0 Å². The Bertz CT molecular complexity index is 495. The molecule has 0 saturated carbocycles. The van der Waals surface area contributed by atoms with Crippen LogP contribution >= 0.6 is 0 Å². The standard InChI is InChI=1S/C11H13N5O2/c1-18-11-12-6-8(7-13-11)2-3-10(17)15-9-4-5-14-16-9/h4-7H,2-3H2,1H3,(H2,14,15,16,17). The summed E-state index contributed by atoms with van der Waals surface area (Å²) < 4.78 is 4.85. The van der Waals surface area contributed by atoms with Crippen LogP contribution < -0.4 is 10.1 Å². The highest BCUT2D eigenvalue weighted by atomic mass is 16.5. The van der Waals surface area contributed by atoms with Crippen LogP contribution in [0.3, 0.4) is 0 Å². The zero-order valence-electron chi connectivity index (χ0n) is 9.88. The summed E-state index contributed by atoms with van der Waals surface area (Å²) in [5.41, 5.74) is 0.885. The fourth-order valence-corrected chi connectivity index (χ4v) is 1.37. The van der Waals surface area contributed by atoms with Gasteiger partial charge in [0, 0.05) is 24.9 Å². The molecule has 0 spiro atoms. The topological polar surface area (TPSA) is 92.8 Å². The number of carbonyl (C=O) groups excluding carboxylic acids is 1. The molecule has 0 atom stereocenters. The molecule has 2 N–H and O–H groups in total. The number of ether oxygens (including phenoxy) is 1. The lowest BCUT2D eigenvalue weighted by Gasteiger charge is -2.03. The molecule has 0 saturated heterocycles. The van der Waals surface area contributed by atoms with Gasteiger partial charge in [0.15, 0.2) is 0 Å². The monoisotopic (exact) mass is 247 g/mol. The van der Waals surface area contributed by atoms with E-state index in [2.05, 4.69) is 25.5 Å². The first-order valence-electron chi connectivity index (χ1n) is 5.42. The summed E-state index contributed by atoms with van der Waals surface area (Å²) in [5, 5.41) is 9.09. The van der Waals surface area contributed by atoms with Crippen LogP contribution in [-0.2, 0) is 11.2 Å². The van der Waals surface area contributed by atoms with Gasteiger partial charge in [0.05, 0.1) is 13.3 Å². The Balaban J connectivity index is 1.81. The van der Waals surface area contributed by atoms with E-state index in [-0.39, 0.29) is 5.91 Å². The highest BCUT2D eigenvalue weighted by Gasteiger charge is 2.04. The number of nitrogens with zero attached hydrogens (tertiary/aromatic N) is 3. The third-order valence-corrected chi connectivity index (χ3v) is 2.28. The number of anilines is 1. The van der Waals surface area contributed by atoms with E-state index in [9.17, 15) is 4.79 Å². The number of aromatic amines is 1. The minimum atomic E-state index is -0.0879. The van der Waals surface area contributed by atoms with Gasteiger partial charge in [-0.3, -0.25) is 9.89 Å². The number of methoxy groups -OCH3 is 1. The van der Waals surface area contributed by atoms with Gasteiger partial charge >= 0.3 is 6.01 Å². The minimum absolute atomic E-state index is 0.0879. The van der Waals surface area contributed by atoms with Crippen LogP contribution in [0, 0.1) is 0 Å². The van der Waals surface area contributed by atoms with Crippen LogP contribution in [0.15, 0.2) is 24.7 Å². The third-order valence-electron chi connectivity index (χ3n) is 2.28. The normalized spacial score (nSPS) is 10.1. The molecular weight excluding hydrogens is 234 g/mol. The van der Waals surface area contributed by atoms with E-state index in [1.807, 2.05) is 0 Å². The van der Waals surface area contributed by atoms with Crippen molar-refractivity contribution in [3.8, 4) is 6.01 Å². The van der Waals surface area contributed by atoms with Gasteiger partial charge in [-0.1, -0.05) is 0 Å². The molecule has 7 nitrogen and oxygen atoms in total. The molecule has 0 unspecified atom stereocenters. The molecule has 7 heteroatoms. The highest BCUT2D eigenvalue weighted by Crippen LogP contribution is 2.06. The van der Waals surface area contributed by atoms with Crippen LogP contribution in [0.4, 0.5) is 5.82 Å². The van der Waals surface area contributed by atoms with Crippen molar-refractivity contribution in [2.75, 3.05) is 12.4 Å². The second-order valence-corrected chi connectivity index (χ2v) is 3.60. The minimum Gasteiger partial charge on any atom is -0.467 e. The average Bonchev–Trinajstić information content (AvgIpc) is 2.90. The van der Waals surface area contributed by atoms with Crippen molar-refractivity contribution in [2.45, 2.75) is 12.8 Å². The van der Waals surface area contributed by atoms with Crippen molar-refractivity contribution in [2.24, 2.45) is 0 Å². The lowest BCUT2D eigenvalue weighted by atomic mass is 10.2. The molecule has 94 valence electrons. The zero-order valence-corrected chi connectivity index (χ0v) is 9.88. The first-order valence-corrected chi connectivity index (χ1v) is 5.42. The van der Waals surface area contributed by atoms with Crippen LogP contribution in [0.25, 0.3) is 0 Å². The Kier molecular flexibility index (Phi) is 3.85. The van der Waals surface area contributed by atoms with E-state index < -0.39 is 0 Å². The maximum absolute atomic E-state index is 11.6. The van der Waals surface area contributed by atoms with Gasteiger partial charge in [-0.15, -0.1) is 0 Å². The maximum atomic E-state index is 11.6. The number of nitrogens with one attached hydrogen (secondary N) is 2. The Morgan fingerprint density at radius 2 is 2.22 bits per heavy atom. The molecule has 0 aliphatic carbocycles. The molecule has 2 aromatic heterocycles. The number of rotatable bonds is 5. The number of hydrogen-bond acceptors (Lipinski definition) is 5. The molecule has 2 rings (SSSR count). The molecule has 2 heterocycles. The van der Waals surface area contributed by atoms with Gasteiger partial charge in [-0.25, -0.2) is 9.97 Å². The van der Waals surface area contributed by atoms with Crippen molar-refractivity contribution in [3.63, 3.8) is 0 Å². The maximum Gasteiger partial charge on any atom is 0.316 e. The number of aromatic nitrogens is 4. The first-order chi connectivity index (χ1) is 8.78. The Labute approximate surface area is 104 Å². The Morgan fingerprint density at radius 1 is 1.44 bits per heavy atom. The quantitative estimate of drug-likeness (QED) is 0.814. The van der Waals surface area contributed by atoms with E-state index in [0.29, 0.717) is 24.7 Å². The Hall–Kier alpha value is -2.44. The molecule has 0 fully saturated rings. The average molecular weight is 247 g/mol. The molecule has 0 aromatic carbocycles. The van der Waals surface area contributed by atoms with E-state index in [4.69, 9.17) is 4.74 Å². The zero-order chi connectivity index (χ0) is 12.8. The van der Waals surface area contributed by atoms with Crippen molar-refractivity contribution in [1.29, 1.82) is 0 Å². The highest BCUT2D eigenvalue weighted by molar-refractivity contribution is 5.89. The van der Waals surface area contributed by atoms with E-state index >= 15 is 0 Å². The van der Waals surface area contributed by atoms with Gasteiger partial charge in [0.2, 0.25) is 5.91 Å². The van der Waals surface area contributed by atoms with Crippen LogP contribution in [0.5, 0.6) is 6.01 Å². The molecule has 0 radical (unpaired) electrons.